The highest BCUT2D eigenvalue weighted by atomic mass is 16.6. The largest absolute Gasteiger partial charge is 0.460 e. The summed E-state index contributed by atoms with van der Waals surface area (Å²) in [4.78, 5) is 12.0. The van der Waals surface area contributed by atoms with Crippen molar-refractivity contribution < 1.29 is 9.53 Å². The van der Waals surface area contributed by atoms with E-state index < -0.39 is 5.60 Å². The number of nitrogens with zero attached hydrogens (tertiary/aromatic N) is 2. The van der Waals surface area contributed by atoms with Crippen LogP contribution in [0.25, 0.3) is 0 Å². The number of nitrogen functional groups attached to an aromatic ring is 1. The Morgan fingerprint density at radius 3 is 2.35 bits per heavy atom. The number of ether oxygens (including phenoxy) is 1. The first-order valence-electron chi connectivity index (χ1n) is 7.17. The zero-order chi connectivity index (χ0) is 14.8. The lowest BCUT2D eigenvalue weighted by molar-refractivity contribution is -0.161. The molecule has 0 saturated heterocycles. The van der Waals surface area contributed by atoms with Crippen molar-refractivity contribution in [2.75, 3.05) is 5.73 Å². The number of carbonyl (C=O) groups is 1. The molecule has 1 heterocycles. The van der Waals surface area contributed by atoms with Crippen molar-refractivity contribution in [2.24, 2.45) is 5.92 Å². The quantitative estimate of drug-likeness (QED) is 0.841. The van der Waals surface area contributed by atoms with Crippen molar-refractivity contribution in [1.82, 2.24) is 10.2 Å². The Hall–Kier alpha value is -1.65. The van der Waals surface area contributed by atoms with Gasteiger partial charge in [0.25, 0.3) is 0 Å². The minimum absolute atomic E-state index is 0.0206. The van der Waals surface area contributed by atoms with Gasteiger partial charge in [-0.2, -0.15) is 5.10 Å². The molecule has 5 heteroatoms. The van der Waals surface area contributed by atoms with E-state index in [1.165, 1.54) is 0 Å². The molecule has 0 radical (unpaired) electrons. The van der Waals surface area contributed by atoms with E-state index >= 15 is 0 Å². The number of hydrogen-bond acceptors (Lipinski definition) is 5. The molecule has 1 aliphatic rings. The number of anilines is 1. The number of hydrogen-bond donors (Lipinski definition) is 1. The summed E-state index contributed by atoms with van der Waals surface area (Å²) < 4.78 is 5.45. The average molecular weight is 277 g/mol. The number of esters is 1. The highest BCUT2D eigenvalue weighted by molar-refractivity contribution is 5.73. The van der Waals surface area contributed by atoms with Crippen LogP contribution in [0.1, 0.15) is 58.1 Å². The predicted octanol–water partition coefficient (Wildman–Crippen LogP) is 2.67. The smallest absolute Gasteiger partial charge is 0.309 e. The lowest BCUT2D eigenvalue weighted by atomic mass is 9.80. The molecule has 1 saturated carbocycles. The van der Waals surface area contributed by atoms with Gasteiger partial charge in [-0.1, -0.05) is 0 Å². The van der Waals surface area contributed by atoms with Crippen LogP contribution in [0.15, 0.2) is 12.1 Å². The molecule has 2 N–H and O–H groups in total. The summed E-state index contributed by atoms with van der Waals surface area (Å²) >= 11 is 0. The van der Waals surface area contributed by atoms with Gasteiger partial charge in [0, 0.05) is 5.92 Å². The molecule has 5 nitrogen and oxygen atoms in total. The predicted molar refractivity (Wildman–Crippen MR) is 77.0 cm³/mol. The second-order valence-corrected chi connectivity index (χ2v) is 6.47. The van der Waals surface area contributed by atoms with E-state index in [-0.39, 0.29) is 11.9 Å². The first-order valence-corrected chi connectivity index (χ1v) is 7.17. The van der Waals surface area contributed by atoms with Crippen LogP contribution in [0.4, 0.5) is 5.82 Å². The lowest BCUT2D eigenvalue weighted by Gasteiger charge is -2.29. The summed E-state index contributed by atoms with van der Waals surface area (Å²) in [5, 5.41) is 8.03. The molecule has 0 aliphatic heterocycles. The fourth-order valence-corrected chi connectivity index (χ4v) is 2.58. The molecule has 1 aromatic rings. The van der Waals surface area contributed by atoms with Crippen molar-refractivity contribution in [2.45, 2.75) is 58.0 Å². The van der Waals surface area contributed by atoms with Crippen LogP contribution in [0, 0.1) is 5.92 Å². The fraction of sp³-hybridized carbons (Fsp3) is 0.667. The Bertz CT molecular complexity index is 457. The van der Waals surface area contributed by atoms with E-state index in [0.717, 1.165) is 31.4 Å². The molecule has 110 valence electrons. The van der Waals surface area contributed by atoms with Gasteiger partial charge in [0.2, 0.25) is 0 Å². The standard InChI is InChI=1S/C15H23N3O2/c1-15(2,3)20-14(19)11-6-4-10(5-7-11)12-8-9-13(16)18-17-12/h8-11H,4-7H2,1-3H3,(H2,16,18). The summed E-state index contributed by atoms with van der Waals surface area (Å²) in [7, 11) is 0. The minimum Gasteiger partial charge on any atom is -0.460 e. The first-order chi connectivity index (χ1) is 9.35. The highest BCUT2D eigenvalue weighted by Crippen LogP contribution is 2.35. The molecule has 0 unspecified atom stereocenters. The Morgan fingerprint density at radius 1 is 1.20 bits per heavy atom. The molecule has 1 fully saturated rings. The zero-order valence-electron chi connectivity index (χ0n) is 12.4. The van der Waals surface area contributed by atoms with Crippen LogP contribution in [0.3, 0.4) is 0 Å². The topological polar surface area (TPSA) is 78.1 Å². The Balaban J connectivity index is 1.89. The molecule has 1 aromatic heterocycles. The van der Waals surface area contributed by atoms with Crippen LogP contribution >= 0.6 is 0 Å². The van der Waals surface area contributed by atoms with Crippen molar-refractivity contribution in [3.05, 3.63) is 17.8 Å². The molecule has 20 heavy (non-hydrogen) atoms. The summed E-state index contributed by atoms with van der Waals surface area (Å²) in [5.41, 5.74) is 6.11. The second-order valence-electron chi connectivity index (χ2n) is 6.47. The third-order valence-electron chi connectivity index (χ3n) is 3.59. The first kappa shape index (κ1) is 14.8. The zero-order valence-corrected chi connectivity index (χ0v) is 12.4. The molecule has 0 aromatic carbocycles. The van der Waals surface area contributed by atoms with E-state index in [9.17, 15) is 4.79 Å². The Kier molecular flexibility index (Phi) is 4.26. The summed E-state index contributed by atoms with van der Waals surface area (Å²) in [6, 6.07) is 3.71. The van der Waals surface area contributed by atoms with Crippen molar-refractivity contribution in [1.29, 1.82) is 0 Å². The molecule has 0 bridgehead atoms. The van der Waals surface area contributed by atoms with Gasteiger partial charge in [0.15, 0.2) is 0 Å². The molecule has 0 amide bonds. The van der Waals surface area contributed by atoms with Crippen molar-refractivity contribution in [3.8, 4) is 0 Å². The van der Waals surface area contributed by atoms with E-state index in [4.69, 9.17) is 10.5 Å². The Labute approximate surface area is 119 Å². The number of rotatable bonds is 2. The average Bonchev–Trinajstić information content (AvgIpc) is 2.38. The van der Waals surface area contributed by atoms with Gasteiger partial charge in [-0.25, -0.2) is 0 Å². The summed E-state index contributed by atoms with van der Waals surface area (Å²) in [5.74, 6) is 0.768. The summed E-state index contributed by atoms with van der Waals surface area (Å²) in [6.45, 7) is 5.71. The Morgan fingerprint density at radius 2 is 1.85 bits per heavy atom. The molecule has 2 rings (SSSR count). The monoisotopic (exact) mass is 277 g/mol. The van der Waals surface area contributed by atoms with E-state index in [2.05, 4.69) is 10.2 Å². The maximum Gasteiger partial charge on any atom is 0.309 e. The molecular formula is C15H23N3O2. The maximum atomic E-state index is 12.0. The number of nitrogens with two attached hydrogens (primary N) is 1. The minimum atomic E-state index is -0.406. The van der Waals surface area contributed by atoms with Gasteiger partial charge >= 0.3 is 5.97 Å². The van der Waals surface area contributed by atoms with Crippen molar-refractivity contribution in [3.63, 3.8) is 0 Å². The van der Waals surface area contributed by atoms with Crippen LogP contribution in [-0.4, -0.2) is 21.8 Å². The van der Waals surface area contributed by atoms with Gasteiger partial charge in [-0.15, -0.1) is 5.10 Å². The van der Waals surface area contributed by atoms with Gasteiger partial charge in [0.05, 0.1) is 11.6 Å². The van der Waals surface area contributed by atoms with E-state index in [1.807, 2.05) is 26.8 Å². The molecule has 1 aliphatic carbocycles. The maximum absolute atomic E-state index is 12.0. The number of aromatic nitrogens is 2. The normalized spacial score (nSPS) is 23.4. The third kappa shape index (κ3) is 3.92. The lowest BCUT2D eigenvalue weighted by Crippen LogP contribution is -2.30. The van der Waals surface area contributed by atoms with Gasteiger partial charge in [-0.05, 0) is 58.6 Å². The van der Waals surface area contributed by atoms with Gasteiger partial charge < -0.3 is 10.5 Å². The third-order valence-corrected chi connectivity index (χ3v) is 3.59. The van der Waals surface area contributed by atoms with Gasteiger partial charge in [0.1, 0.15) is 11.4 Å². The highest BCUT2D eigenvalue weighted by Gasteiger charge is 2.30. The number of carbonyl (C=O) groups excluding carboxylic acids is 1. The van der Waals surface area contributed by atoms with Crippen LogP contribution in [0.5, 0.6) is 0 Å². The van der Waals surface area contributed by atoms with Crippen LogP contribution in [-0.2, 0) is 9.53 Å². The second kappa shape index (κ2) is 5.77. The van der Waals surface area contributed by atoms with Crippen LogP contribution < -0.4 is 5.73 Å². The van der Waals surface area contributed by atoms with E-state index in [0.29, 0.717) is 11.7 Å². The SMILES string of the molecule is CC(C)(C)OC(=O)C1CCC(c2ccc(N)nn2)CC1. The van der Waals surface area contributed by atoms with Crippen molar-refractivity contribution >= 4 is 11.8 Å². The molecular weight excluding hydrogens is 254 g/mol. The van der Waals surface area contributed by atoms with Gasteiger partial charge in [-0.3, -0.25) is 4.79 Å². The summed E-state index contributed by atoms with van der Waals surface area (Å²) in [6.07, 6.45) is 3.60. The molecule has 0 spiro atoms. The molecule has 0 atom stereocenters. The fourth-order valence-electron chi connectivity index (χ4n) is 2.58. The van der Waals surface area contributed by atoms with Crippen LogP contribution in [0.2, 0.25) is 0 Å². The van der Waals surface area contributed by atoms with E-state index in [1.54, 1.807) is 6.07 Å².